The van der Waals surface area contributed by atoms with Gasteiger partial charge in [-0.1, -0.05) is 20.3 Å². The van der Waals surface area contributed by atoms with Gasteiger partial charge in [0, 0.05) is 36.1 Å². The Morgan fingerprint density at radius 3 is 2.61 bits per heavy atom. The van der Waals surface area contributed by atoms with Crippen LogP contribution in [0.15, 0.2) is 0 Å². The smallest absolute Gasteiger partial charge is 0.222 e. The number of nitrogens with zero attached hydrogens (tertiary/aromatic N) is 1. The molecule has 1 amide bonds. The molecule has 0 radical (unpaired) electrons. The maximum absolute atomic E-state index is 12.2. The summed E-state index contributed by atoms with van der Waals surface area (Å²) in [5, 5.41) is 4.70. The maximum Gasteiger partial charge on any atom is 0.222 e. The molecule has 0 aliphatic carbocycles. The van der Waals surface area contributed by atoms with Gasteiger partial charge in [-0.25, -0.2) is 0 Å². The summed E-state index contributed by atoms with van der Waals surface area (Å²) < 4.78 is 0. The van der Waals surface area contributed by atoms with E-state index in [0.717, 1.165) is 32.5 Å². The number of amides is 1. The van der Waals surface area contributed by atoms with Crippen LogP contribution in [0.25, 0.3) is 0 Å². The molecule has 0 aromatic rings. The van der Waals surface area contributed by atoms with E-state index in [2.05, 4.69) is 24.1 Å². The van der Waals surface area contributed by atoms with Crippen molar-refractivity contribution in [2.45, 2.75) is 62.5 Å². The first-order valence-electron chi connectivity index (χ1n) is 7.32. The zero-order valence-corrected chi connectivity index (χ0v) is 12.5. The Kier molecular flexibility index (Phi) is 5.37. The number of thioether (sulfide) groups is 1. The normalized spacial score (nSPS) is 33.4. The van der Waals surface area contributed by atoms with Crippen LogP contribution in [0, 0.1) is 0 Å². The van der Waals surface area contributed by atoms with Crippen molar-refractivity contribution >= 4 is 17.7 Å². The van der Waals surface area contributed by atoms with Crippen LogP contribution in [0.1, 0.15) is 46.0 Å². The fraction of sp³-hybridized carbons (Fsp3) is 0.929. The van der Waals surface area contributed by atoms with Crippen molar-refractivity contribution in [3.05, 3.63) is 0 Å². The van der Waals surface area contributed by atoms with Crippen molar-refractivity contribution in [1.82, 2.24) is 10.2 Å². The van der Waals surface area contributed by atoms with Crippen LogP contribution in [-0.4, -0.2) is 47.0 Å². The van der Waals surface area contributed by atoms with Gasteiger partial charge in [0.1, 0.15) is 0 Å². The Morgan fingerprint density at radius 2 is 2.00 bits per heavy atom. The van der Waals surface area contributed by atoms with Crippen LogP contribution in [-0.2, 0) is 4.79 Å². The van der Waals surface area contributed by atoms with E-state index >= 15 is 0 Å². The van der Waals surface area contributed by atoms with E-state index < -0.39 is 0 Å². The third-order valence-corrected chi connectivity index (χ3v) is 5.12. The lowest BCUT2D eigenvalue weighted by Crippen LogP contribution is -2.44. The van der Waals surface area contributed by atoms with Gasteiger partial charge in [0.15, 0.2) is 0 Å². The lowest BCUT2D eigenvalue weighted by atomic mass is 10.0. The van der Waals surface area contributed by atoms with Gasteiger partial charge >= 0.3 is 0 Å². The number of nitrogens with one attached hydrogen (secondary N) is 1. The van der Waals surface area contributed by atoms with Gasteiger partial charge in [-0.15, -0.1) is 0 Å². The Hall–Kier alpha value is -0.220. The number of piperidine rings is 1. The van der Waals surface area contributed by atoms with E-state index in [9.17, 15) is 4.79 Å². The summed E-state index contributed by atoms with van der Waals surface area (Å²) in [4.78, 5) is 14.3. The minimum Gasteiger partial charge on any atom is -0.341 e. The maximum atomic E-state index is 12.2. The molecule has 18 heavy (non-hydrogen) atoms. The van der Waals surface area contributed by atoms with E-state index in [1.54, 1.807) is 0 Å². The van der Waals surface area contributed by atoms with Crippen molar-refractivity contribution in [2.75, 3.05) is 19.6 Å². The third kappa shape index (κ3) is 4.16. The van der Waals surface area contributed by atoms with Gasteiger partial charge in [-0.05, 0) is 25.8 Å². The zero-order chi connectivity index (χ0) is 13.0. The second kappa shape index (κ2) is 6.80. The Morgan fingerprint density at radius 1 is 1.28 bits per heavy atom. The number of rotatable bonds is 3. The molecule has 2 saturated heterocycles. The van der Waals surface area contributed by atoms with Crippen LogP contribution < -0.4 is 5.32 Å². The summed E-state index contributed by atoms with van der Waals surface area (Å²) in [5.41, 5.74) is 0. The largest absolute Gasteiger partial charge is 0.341 e. The molecule has 4 heteroatoms. The molecule has 3 nitrogen and oxygen atoms in total. The predicted octanol–water partition coefficient (Wildman–Crippen LogP) is 2.26. The highest BCUT2D eigenvalue weighted by atomic mass is 32.2. The first kappa shape index (κ1) is 14.2. The van der Waals surface area contributed by atoms with Crippen LogP contribution in [0.3, 0.4) is 0 Å². The molecule has 0 bridgehead atoms. The van der Waals surface area contributed by atoms with Gasteiger partial charge in [-0.2, -0.15) is 11.8 Å². The quantitative estimate of drug-likeness (QED) is 0.854. The van der Waals surface area contributed by atoms with Gasteiger partial charge < -0.3 is 10.2 Å². The summed E-state index contributed by atoms with van der Waals surface area (Å²) >= 11 is 2.00. The molecule has 1 N–H and O–H groups in total. The minimum absolute atomic E-state index is 0.362. The molecule has 2 fully saturated rings. The molecule has 0 aromatic carbocycles. The SMILES string of the molecule is CC1CN(C(=O)CCC2CCCCN2)CC(C)S1. The first-order valence-corrected chi connectivity index (χ1v) is 8.26. The standard InChI is InChI=1S/C14H26N2OS/c1-11-9-16(10-12(2)18-11)14(17)7-6-13-5-3-4-8-15-13/h11-13,15H,3-10H2,1-2H3. The van der Waals surface area contributed by atoms with Gasteiger partial charge in [0.2, 0.25) is 5.91 Å². The molecular weight excluding hydrogens is 244 g/mol. The molecule has 2 aliphatic heterocycles. The molecule has 0 aromatic heterocycles. The average Bonchev–Trinajstić information content (AvgIpc) is 2.36. The Bertz CT molecular complexity index is 269. The van der Waals surface area contributed by atoms with Crippen LogP contribution in [0.2, 0.25) is 0 Å². The summed E-state index contributed by atoms with van der Waals surface area (Å²) in [6.07, 6.45) is 5.60. The molecular formula is C14H26N2OS. The van der Waals surface area contributed by atoms with Crippen molar-refractivity contribution in [2.24, 2.45) is 0 Å². The monoisotopic (exact) mass is 270 g/mol. The number of hydrogen-bond donors (Lipinski definition) is 1. The molecule has 3 atom stereocenters. The third-order valence-electron chi connectivity index (χ3n) is 3.89. The summed E-state index contributed by atoms with van der Waals surface area (Å²) in [6, 6.07) is 0.580. The fourth-order valence-electron chi connectivity index (χ4n) is 3.01. The number of carbonyl (C=O) groups is 1. The highest BCUT2D eigenvalue weighted by Crippen LogP contribution is 2.25. The lowest BCUT2D eigenvalue weighted by molar-refractivity contribution is -0.131. The molecule has 0 spiro atoms. The van der Waals surface area contributed by atoms with E-state index in [1.807, 2.05) is 11.8 Å². The second-order valence-electron chi connectivity index (χ2n) is 5.74. The average molecular weight is 270 g/mol. The van der Waals surface area contributed by atoms with Crippen molar-refractivity contribution < 1.29 is 4.79 Å². The Labute approximate surface area is 115 Å². The van der Waals surface area contributed by atoms with Gasteiger partial charge in [-0.3, -0.25) is 4.79 Å². The molecule has 0 saturated carbocycles. The predicted molar refractivity (Wildman–Crippen MR) is 78.0 cm³/mol. The lowest BCUT2D eigenvalue weighted by Gasteiger charge is -2.35. The topological polar surface area (TPSA) is 32.3 Å². The second-order valence-corrected chi connectivity index (χ2v) is 7.62. The summed E-state index contributed by atoms with van der Waals surface area (Å²) in [6.45, 7) is 7.46. The fourth-order valence-corrected chi connectivity index (χ4v) is 4.33. The van der Waals surface area contributed by atoms with Gasteiger partial charge in [0.05, 0.1) is 0 Å². The zero-order valence-electron chi connectivity index (χ0n) is 11.7. The summed E-state index contributed by atoms with van der Waals surface area (Å²) in [7, 11) is 0. The van der Waals surface area contributed by atoms with E-state index in [0.29, 0.717) is 22.4 Å². The summed E-state index contributed by atoms with van der Waals surface area (Å²) in [5.74, 6) is 0.362. The van der Waals surface area contributed by atoms with Gasteiger partial charge in [0.25, 0.3) is 0 Å². The first-order chi connectivity index (χ1) is 8.65. The number of hydrogen-bond acceptors (Lipinski definition) is 3. The van der Waals surface area contributed by atoms with Crippen molar-refractivity contribution in [1.29, 1.82) is 0 Å². The molecule has 2 heterocycles. The van der Waals surface area contributed by atoms with Crippen molar-refractivity contribution in [3.63, 3.8) is 0 Å². The highest BCUT2D eigenvalue weighted by molar-refractivity contribution is 8.00. The molecule has 2 rings (SSSR count). The highest BCUT2D eigenvalue weighted by Gasteiger charge is 2.26. The molecule has 2 aliphatic rings. The van der Waals surface area contributed by atoms with Crippen LogP contribution in [0.5, 0.6) is 0 Å². The van der Waals surface area contributed by atoms with E-state index in [1.165, 1.54) is 19.3 Å². The molecule has 3 unspecified atom stereocenters. The van der Waals surface area contributed by atoms with Crippen molar-refractivity contribution in [3.8, 4) is 0 Å². The molecule has 104 valence electrons. The van der Waals surface area contributed by atoms with E-state index in [-0.39, 0.29) is 0 Å². The van der Waals surface area contributed by atoms with Crippen LogP contribution >= 0.6 is 11.8 Å². The van der Waals surface area contributed by atoms with E-state index in [4.69, 9.17) is 0 Å². The minimum atomic E-state index is 0.362. The number of carbonyl (C=O) groups excluding carboxylic acids is 1. The Balaban J connectivity index is 1.73. The van der Waals surface area contributed by atoms with Crippen LogP contribution in [0.4, 0.5) is 0 Å².